The molecule has 54 heavy (non-hydrogen) atoms. The van der Waals surface area contributed by atoms with Crippen LogP contribution in [-0.4, -0.2) is 0 Å². The minimum Gasteiger partial charge on any atom is -0.310 e. The van der Waals surface area contributed by atoms with E-state index in [0.717, 1.165) is 17.1 Å². The van der Waals surface area contributed by atoms with Gasteiger partial charge in [0.05, 0.1) is 0 Å². The van der Waals surface area contributed by atoms with Crippen molar-refractivity contribution in [1.82, 2.24) is 0 Å². The Morgan fingerprint density at radius 1 is 0.333 bits per heavy atom. The highest BCUT2D eigenvalue weighted by Gasteiger charge is 2.39. The summed E-state index contributed by atoms with van der Waals surface area (Å²) < 4.78 is 0. The molecule has 0 atom stereocenters. The predicted octanol–water partition coefficient (Wildman–Crippen LogP) is 14.7. The van der Waals surface area contributed by atoms with Gasteiger partial charge in [-0.05, 0) is 131 Å². The van der Waals surface area contributed by atoms with Gasteiger partial charge in [0.2, 0.25) is 0 Å². The third kappa shape index (κ3) is 4.21. The Morgan fingerprint density at radius 2 is 0.685 bits per heavy atom. The van der Waals surface area contributed by atoms with Crippen molar-refractivity contribution >= 4 is 60.2 Å². The lowest BCUT2D eigenvalue weighted by Gasteiger charge is -2.28. The van der Waals surface area contributed by atoms with E-state index in [-0.39, 0.29) is 10.8 Å². The lowest BCUT2D eigenvalue weighted by molar-refractivity contribution is 0.672. The molecule has 9 aromatic rings. The largest absolute Gasteiger partial charge is 0.310 e. The van der Waals surface area contributed by atoms with Crippen LogP contribution in [0.5, 0.6) is 0 Å². The van der Waals surface area contributed by atoms with Crippen molar-refractivity contribution < 1.29 is 0 Å². The van der Waals surface area contributed by atoms with Crippen molar-refractivity contribution in [3.8, 4) is 22.3 Å². The standard InChI is InChI=1S/C53H41N/c1-32-14-20-37(21-15-32)54(38-22-28-42-35(30-38)18-26-46-44-24-16-33-10-6-8-12-40(33)48(44)52(2,3)50(42)46)39-23-29-43-36(31-39)19-27-47-45-25-17-34-11-7-9-13-41(34)49(45)53(4,5)51(43)47/h6-31H,1-5H3. The lowest BCUT2D eigenvalue weighted by Crippen LogP contribution is -2.16. The average molecular weight is 692 g/mol. The van der Waals surface area contributed by atoms with Crippen molar-refractivity contribution in [1.29, 1.82) is 0 Å². The summed E-state index contributed by atoms with van der Waals surface area (Å²) in [6.45, 7) is 11.8. The summed E-state index contributed by atoms with van der Waals surface area (Å²) in [5, 5.41) is 10.5. The molecule has 0 aromatic heterocycles. The molecule has 0 aliphatic heterocycles. The van der Waals surface area contributed by atoms with E-state index in [4.69, 9.17) is 0 Å². The Morgan fingerprint density at radius 3 is 1.11 bits per heavy atom. The number of nitrogens with zero attached hydrogens (tertiary/aromatic N) is 1. The highest BCUT2D eigenvalue weighted by atomic mass is 15.1. The molecule has 0 amide bonds. The number of aryl methyl sites for hydroxylation is 1. The molecule has 0 saturated heterocycles. The highest BCUT2D eigenvalue weighted by molar-refractivity contribution is 6.06. The monoisotopic (exact) mass is 691 g/mol. The molecule has 11 rings (SSSR count). The number of fused-ring (bicyclic) bond motifs is 14. The molecule has 9 aromatic carbocycles. The van der Waals surface area contributed by atoms with Crippen LogP contribution in [0, 0.1) is 6.92 Å². The molecular formula is C53H41N. The second kappa shape index (κ2) is 10.9. The second-order valence-corrected chi connectivity index (χ2v) is 16.6. The first kappa shape index (κ1) is 31.4. The Hall–Kier alpha value is -6.18. The summed E-state index contributed by atoms with van der Waals surface area (Å²) in [4.78, 5) is 2.43. The molecule has 0 N–H and O–H groups in total. The molecule has 0 heterocycles. The molecule has 0 bridgehead atoms. The maximum atomic E-state index is 2.43. The fourth-order valence-corrected chi connectivity index (χ4v) is 10.4. The quantitative estimate of drug-likeness (QED) is 0.178. The van der Waals surface area contributed by atoms with Crippen molar-refractivity contribution in [2.24, 2.45) is 0 Å². The van der Waals surface area contributed by atoms with E-state index in [9.17, 15) is 0 Å². The Labute approximate surface area is 317 Å². The second-order valence-electron chi connectivity index (χ2n) is 16.6. The van der Waals surface area contributed by atoms with Gasteiger partial charge in [-0.2, -0.15) is 0 Å². The van der Waals surface area contributed by atoms with E-state index < -0.39 is 0 Å². The van der Waals surface area contributed by atoms with Crippen LogP contribution in [0.3, 0.4) is 0 Å². The van der Waals surface area contributed by atoms with E-state index in [1.165, 1.54) is 93.2 Å². The van der Waals surface area contributed by atoms with E-state index >= 15 is 0 Å². The van der Waals surface area contributed by atoms with Crippen LogP contribution in [0.2, 0.25) is 0 Å². The number of anilines is 3. The summed E-state index contributed by atoms with van der Waals surface area (Å²) in [5.74, 6) is 0. The van der Waals surface area contributed by atoms with Crippen LogP contribution in [0.1, 0.15) is 55.5 Å². The summed E-state index contributed by atoms with van der Waals surface area (Å²) in [6, 6.07) is 59.5. The molecule has 2 aliphatic carbocycles. The molecular weight excluding hydrogens is 651 g/mol. The number of hydrogen-bond donors (Lipinski definition) is 0. The first-order valence-corrected chi connectivity index (χ1v) is 19.3. The van der Waals surface area contributed by atoms with Crippen molar-refractivity contribution in [2.75, 3.05) is 4.90 Å². The van der Waals surface area contributed by atoms with Gasteiger partial charge in [0.15, 0.2) is 0 Å². The third-order valence-corrected chi connectivity index (χ3v) is 12.8. The van der Waals surface area contributed by atoms with Crippen molar-refractivity contribution in [3.05, 3.63) is 186 Å². The van der Waals surface area contributed by atoms with Gasteiger partial charge in [0.1, 0.15) is 0 Å². The van der Waals surface area contributed by atoms with Crippen LogP contribution in [0.15, 0.2) is 158 Å². The zero-order chi connectivity index (χ0) is 36.5. The van der Waals surface area contributed by atoms with Crippen LogP contribution in [0.4, 0.5) is 17.1 Å². The number of benzene rings is 9. The average Bonchev–Trinajstić information content (AvgIpc) is 3.58. The van der Waals surface area contributed by atoms with Crippen LogP contribution >= 0.6 is 0 Å². The molecule has 0 unspecified atom stereocenters. The van der Waals surface area contributed by atoms with Gasteiger partial charge in [0, 0.05) is 27.9 Å². The first-order chi connectivity index (χ1) is 26.2. The van der Waals surface area contributed by atoms with Crippen molar-refractivity contribution in [2.45, 2.75) is 45.4 Å². The predicted molar refractivity (Wildman–Crippen MR) is 231 cm³/mol. The molecule has 2 aliphatic rings. The van der Waals surface area contributed by atoms with Crippen LogP contribution < -0.4 is 4.90 Å². The molecule has 258 valence electrons. The molecule has 0 saturated carbocycles. The number of hydrogen-bond acceptors (Lipinski definition) is 1. The summed E-state index contributed by atoms with van der Waals surface area (Å²) in [6.07, 6.45) is 0. The van der Waals surface area contributed by atoms with Crippen LogP contribution in [-0.2, 0) is 10.8 Å². The van der Waals surface area contributed by atoms with Gasteiger partial charge in [-0.15, -0.1) is 0 Å². The minimum atomic E-state index is -0.123. The lowest BCUT2D eigenvalue weighted by atomic mass is 9.78. The molecule has 1 nitrogen and oxygen atoms in total. The Bertz CT molecular complexity index is 2860. The third-order valence-electron chi connectivity index (χ3n) is 12.8. The SMILES string of the molecule is Cc1ccc(N(c2ccc3c4c(ccc3c2)-c2ccc3ccccc3c2C4(C)C)c2ccc3c4c(ccc3c2)-c2ccc3ccccc3c2C4(C)C)cc1. The Kier molecular flexibility index (Phi) is 6.35. The topological polar surface area (TPSA) is 3.24 Å². The van der Waals surface area contributed by atoms with Crippen LogP contribution in [0.25, 0.3) is 65.3 Å². The molecule has 1 heteroatoms. The fourth-order valence-electron chi connectivity index (χ4n) is 10.4. The molecule has 0 radical (unpaired) electrons. The maximum Gasteiger partial charge on any atom is 0.0468 e. The van der Waals surface area contributed by atoms with E-state index in [1.54, 1.807) is 0 Å². The van der Waals surface area contributed by atoms with Crippen molar-refractivity contribution in [3.63, 3.8) is 0 Å². The molecule has 0 spiro atoms. The van der Waals surface area contributed by atoms with Gasteiger partial charge >= 0.3 is 0 Å². The maximum absolute atomic E-state index is 2.43. The number of rotatable bonds is 3. The van der Waals surface area contributed by atoms with E-state index in [1.807, 2.05) is 0 Å². The summed E-state index contributed by atoms with van der Waals surface area (Å²) in [5.41, 5.74) is 15.7. The molecule has 0 fully saturated rings. The highest BCUT2D eigenvalue weighted by Crippen LogP contribution is 2.56. The smallest absolute Gasteiger partial charge is 0.0468 e. The Balaban J connectivity index is 1.07. The first-order valence-electron chi connectivity index (χ1n) is 19.3. The normalized spacial score (nSPS) is 14.7. The summed E-state index contributed by atoms with van der Waals surface area (Å²) >= 11 is 0. The zero-order valence-corrected chi connectivity index (χ0v) is 31.5. The van der Waals surface area contributed by atoms with E-state index in [2.05, 4.69) is 197 Å². The van der Waals surface area contributed by atoms with Gasteiger partial charge in [-0.25, -0.2) is 0 Å². The van der Waals surface area contributed by atoms with E-state index in [0.29, 0.717) is 0 Å². The summed E-state index contributed by atoms with van der Waals surface area (Å²) in [7, 11) is 0. The van der Waals surface area contributed by atoms with Gasteiger partial charge < -0.3 is 4.90 Å². The van der Waals surface area contributed by atoms with Gasteiger partial charge in [-0.1, -0.05) is 155 Å². The minimum absolute atomic E-state index is 0.123. The van der Waals surface area contributed by atoms with Gasteiger partial charge in [-0.3, -0.25) is 0 Å². The van der Waals surface area contributed by atoms with Gasteiger partial charge in [0.25, 0.3) is 0 Å². The fraction of sp³-hybridized carbons (Fsp3) is 0.132. The zero-order valence-electron chi connectivity index (χ0n) is 31.5.